The molecular weight excluding hydrogens is 354 g/mol. The first-order valence-electron chi connectivity index (χ1n) is 8.59. The van der Waals surface area contributed by atoms with Crippen molar-refractivity contribution in [1.29, 1.82) is 0 Å². The summed E-state index contributed by atoms with van der Waals surface area (Å²) in [5, 5.41) is 11.8. The van der Waals surface area contributed by atoms with E-state index in [2.05, 4.69) is 24.9 Å². The first-order chi connectivity index (χ1) is 12.9. The third-order valence-electron chi connectivity index (χ3n) is 4.06. The van der Waals surface area contributed by atoms with E-state index < -0.39 is 12.3 Å². The summed E-state index contributed by atoms with van der Waals surface area (Å²) in [6.07, 6.45) is -1.20. The summed E-state index contributed by atoms with van der Waals surface area (Å²) in [7, 11) is 0. The maximum Gasteiger partial charge on any atom is 0.315 e. The Morgan fingerprint density at radius 3 is 2.41 bits per heavy atom. The third-order valence-corrected chi connectivity index (χ3v) is 4.06. The fourth-order valence-electron chi connectivity index (χ4n) is 2.79. The molecular formula is C19H20F2N4O2. The number of aromatic nitrogens is 4. The molecule has 0 bridgehead atoms. The van der Waals surface area contributed by atoms with Crippen molar-refractivity contribution >= 4 is 0 Å². The molecule has 0 spiro atoms. The van der Waals surface area contributed by atoms with Crippen LogP contribution in [-0.2, 0) is 6.42 Å². The molecule has 6 nitrogen and oxygen atoms in total. The Morgan fingerprint density at radius 2 is 1.81 bits per heavy atom. The lowest BCUT2D eigenvalue weighted by atomic mass is 10.0. The van der Waals surface area contributed by atoms with E-state index in [-0.39, 0.29) is 5.82 Å². The molecule has 0 aliphatic heterocycles. The second-order valence-electron chi connectivity index (χ2n) is 6.31. The van der Waals surface area contributed by atoms with Gasteiger partial charge in [-0.15, -0.1) is 0 Å². The SMILES string of the molecule is Cc1ccc(CCCOc2cc(C)c(-c3noc(C(F)F)n3)c(C)c2)nn1. The summed E-state index contributed by atoms with van der Waals surface area (Å²) >= 11 is 0. The van der Waals surface area contributed by atoms with Crippen LogP contribution in [0.4, 0.5) is 8.78 Å². The number of rotatable bonds is 7. The second kappa shape index (κ2) is 8.20. The van der Waals surface area contributed by atoms with Gasteiger partial charge in [0.2, 0.25) is 5.82 Å². The van der Waals surface area contributed by atoms with Gasteiger partial charge < -0.3 is 9.26 Å². The van der Waals surface area contributed by atoms with E-state index >= 15 is 0 Å². The molecule has 0 atom stereocenters. The number of nitrogens with zero attached hydrogens (tertiary/aromatic N) is 4. The summed E-state index contributed by atoms with van der Waals surface area (Å²) in [6, 6.07) is 7.58. The summed E-state index contributed by atoms with van der Waals surface area (Å²) in [6.45, 7) is 6.15. The molecule has 3 rings (SSSR count). The van der Waals surface area contributed by atoms with Gasteiger partial charge in [0.25, 0.3) is 5.89 Å². The minimum atomic E-state index is -2.78. The largest absolute Gasteiger partial charge is 0.494 e. The predicted octanol–water partition coefficient (Wildman–Crippen LogP) is 4.40. The average molecular weight is 374 g/mol. The van der Waals surface area contributed by atoms with Crippen molar-refractivity contribution in [1.82, 2.24) is 20.3 Å². The highest BCUT2D eigenvalue weighted by Crippen LogP contribution is 2.30. The van der Waals surface area contributed by atoms with Crippen LogP contribution in [0.15, 0.2) is 28.8 Å². The number of aryl methyl sites for hydroxylation is 4. The van der Waals surface area contributed by atoms with Gasteiger partial charge in [0, 0.05) is 5.56 Å². The minimum absolute atomic E-state index is 0.157. The zero-order chi connectivity index (χ0) is 19.4. The zero-order valence-corrected chi connectivity index (χ0v) is 15.4. The first kappa shape index (κ1) is 18.9. The van der Waals surface area contributed by atoms with Crippen molar-refractivity contribution < 1.29 is 18.0 Å². The maximum absolute atomic E-state index is 12.7. The van der Waals surface area contributed by atoms with Gasteiger partial charge in [-0.25, -0.2) is 0 Å². The van der Waals surface area contributed by atoms with Crippen LogP contribution in [0.25, 0.3) is 11.4 Å². The Balaban J connectivity index is 1.62. The van der Waals surface area contributed by atoms with Crippen LogP contribution in [0, 0.1) is 20.8 Å². The topological polar surface area (TPSA) is 73.9 Å². The average Bonchev–Trinajstić information content (AvgIpc) is 3.10. The Kier molecular flexibility index (Phi) is 5.73. The first-order valence-corrected chi connectivity index (χ1v) is 8.59. The van der Waals surface area contributed by atoms with Gasteiger partial charge in [-0.3, -0.25) is 0 Å². The number of benzene rings is 1. The van der Waals surface area contributed by atoms with E-state index in [1.807, 2.05) is 45.0 Å². The van der Waals surface area contributed by atoms with Crippen LogP contribution in [0.5, 0.6) is 5.75 Å². The smallest absolute Gasteiger partial charge is 0.315 e. The molecule has 0 fully saturated rings. The highest BCUT2D eigenvalue weighted by molar-refractivity contribution is 5.65. The quantitative estimate of drug-likeness (QED) is 0.571. The number of hydrogen-bond donors (Lipinski definition) is 0. The van der Waals surface area contributed by atoms with Crippen LogP contribution in [0.1, 0.15) is 41.3 Å². The predicted molar refractivity (Wildman–Crippen MR) is 94.8 cm³/mol. The second-order valence-corrected chi connectivity index (χ2v) is 6.31. The zero-order valence-electron chi connectivity index (χ0n) is 15.4. The number of ether oxygens (including phenoxy) is 1. The summed E-state index contributed by atoms with van der Waals surface area (Å²) in [5.41, 5.74) is 4.15. The van der Waals surface area contributed by atoms with E-state index in [9.17, 15) is 8.78 Å². The molecule has 0 saturated heterocycles. The molecule has 0 amide bonds. The van der Waals surface area contributed by atoms with Gasteiger partial charge in [0.05, 0.1) is 18.0 Å². The Hall–Kier alpha value is -2.90. The highest BCUT2D eigenvalue weighted by atomic mass is 19.3. The molecule has 3 aromatic rings. The normalized spacial score (nSPS) is 11.2. The van der Waals surface area contributed by atoms with E-state index in [1.165, 1.54) is 0 Å². The monoisotopic (exact) mass is 374 g/mol. The van der Waals surface area contributed by atoms with E-state index in [4.69, 9.17) is 4.74 Å². The van der Waals surface area contributed by atoms with Crippen molar-refractivity contribution in [3.8, 4) is 17.1 Å². The fraction of sp³-hybridized carbons (Fsp3) is 0.368. The standard InChI is InChI=1S/C19H20F2N4O2/c1-11-9-15(26-8-4-5-14-7-6-13(3)23-24-14)10-12(2)16(11)18-22-19(17(20)21)27-25-18/h6-7,9-10,17H,4-5,8H2,1-3H3. The summed E-state index contributed by atoms with van der Waals surface area (Å²) < 4.78 is 35.7. The maximum atomic E-state index is 12.7. The molecule has 0 radical (unpaired) electrons. The molecule has 2 heterocycles. The summed E-state index contributed by atoms with van der Waals surface area (Å²) in [4.78, 5) is 3.77. The highest BCUT2D eigenvalue weighted by Gasteiger charge is 2.19. The van der Waals surface area contributed by atoms with Crippen molar-refractivity contribution in [2.24, 2.45) is 0 Å². The van der Waals surface area contributed by atoms with Crippen LogP contribution < -0.4 is 4.74 Å². The molecule has 8 heteroatoms. The molecule has 2 aromatic heterocycles. The van der Waals surface area contributed by atoms with Gasteiger partial charge in [-0.2, -0.15) is 24.0 Å². The van der Waals surface area contributed by atoms with Crippen molar-refractivity contribution in [2.75, 3.05) is 6.61 Å². The van der Waals surface area contributed by atoms with E-state index in [1.54, 1.807) is 0 Å². The Morgan fingerprint density at radius 1 is 1.07 bits per heavy atom. The van der Waals surface area contributed by atoms with Gasteiger partial charge in [0.1, 0.15) is 5.75 Å². The van der Waals surface area contributed by atoms with Crippen LogP contribution >= 0.6 is 0 Å². The Labute approximate surface area is 155 Å². The lowest BCUT2D eigenvalue weighted by Crippen LogP contribution is -2.02. The van der Waals surface area contributed by atoms with Crippen LogP contribution in [0.2, 0.25) is 0 Å². The molecule has 0 saturated carbocycles. The van der Waals surface area contributed by atoms with Gasteiger partial charge in [-0.1, -0.05) is 5.16 Å². The van der Waals surface area contributed by atoms with Gasteiger partial charge in [-0.05, 0) is 69.0 Å². The Bertz CT molecular complexity index is 887. The van der Waals surface area contributed by atoms with Crippen molar-refractivity contribution in [2.45, 2.75) is 40.0 Å². The molecule has 27 heavy (non-hydrogen) atoms. The lowest BCUT2D eigenvalue weighted by Gasteiger charge is -2.11. The number of halogens is 2. The van der Waals surface area contributed by atoms with Gasteiger partial charge in [0.15, 0.2) is 0 Å². The molecule has 142 valence electrons. The van der Waals surface area contributed by atoms with Gasteiger partial charge >= 0.3 is 6.43 Å². The molecule has 0 aliphatic rings. The molecule has 0 aliphatic carbocycles. The number of hydrogen-bond acceptors (Lipinski definition) is 6. The van der Waals surface area contributed by atoms with Crippen LogP contribution in [0.3, 0.4) is 0 Å². The van der Waals surface area contributed by atoms with E-state index in [0.29, 0.717) is 17.9 Å². The van der Waals surface area contributed by atoms with E-state index in [0.717, 1.165) is 35.4 Å². The third kappa shape index (κ3) is 4.64. The molecule has 1 aromatic carbocycles. The van der Waals surface area contributed by atoms with Crippen LogP contribution in [-0.4, -0.2) is 26.9 Å². The van der Waals surface area contributed by atoms with Crippen molar-refractivity contribution in [3.63, 3.8) is 0 Å². The van der Waals surface area contributed by atoms with Crippen molar-refractivity contribution in [3.05, 3.63) is 52.7 Å². The molecule has 0 unspecified atom stereocenters. The summed E-state index contributed by atoms with van der Waals surface area (Å²) in [5.74, 6) is 0.189. The number of alkyl halides is 2. The minimum Gasteiger partial charge on any atom is -0.494 e. The molecule has 0 N–H and O–H groups in total. The fourth-order valence-corrected chi connectivity index (χ4v) is 2.79. The lowest BCUT2D eigenvalue weighted by molar-refractivity contribution is 0.106.